The number of furan rings is 1. The molecule has 0 fully saturated rings. The van der Waals surface area contributed by atoms with Crippen molar-refractivity contribution in [1.29, 1.82) is 0 Å². The zero-order chi connectivity index (χ0) is 39.3. The molecule has 3 heterocycles. The van der Waals surface area contributed by atoms with Gasteiger partial charge in [-0.2, -0.15) is 9.97 Å². The molecule has 12 aromatic rings. The van der Waals surface area contributed by atoms with E-state index in [1.54, 1.807) is 0 Å². The number of para-hydroxylation sites is 3. The minimum atomic E-state index is 0.557. The van der Waals surface area contributed by atoms with Gasteiger partial charge in [-0.15, -0.1) is 0 Å². The van der Waals surface area contributed by atoms with Crippen molar-refractivity contribution in [1.82, 2.24) is 19.5 Å². The summed E-state index contributed by atoms with van der Waals surface area (Å²) in [7, 11) is 0. The molecule has 3 aromatic heterocycles. The molecule has 0 radical (unpaired) electrons. The van der Waals surface area contributed by atoms with Crippen molar-refractivity contribution in [2.24, 2.45) is 0 Å². The van der Waals surface area contributed by atoms with E-state index in [9.17, 15) is 0 Å². The van der Waals surface area contributed by atoms with E-state index in [4.69, 9.17) is 19.4 Å². The second kappa shape index (κ2) is 12.7. The fourth-order valence-electron chi connectivity index (χ4n) is 9.61. The average Bonchev–Trinajstić information content (AvgIpc) is 3.98. The van der Waals surface area contributed by atoms with Crippen LogP contribution in [0.1, 0.15) is 0 Å². The zero-order valence-electron chi connectivity index (χ0n) is 32.2. The summed E-state index contributed by atoms with van der Waals surface area (Å²) in [6.45, 7) is 0. The van der Waals surface area contributed by atoms with Gasteiger partial charge in [-0.1, -0.05) is 158 Å². The lowest BCUT2D eigenvalue weighted by Gasteiger charge is -2.15. The molecular formula is C55H32N4O. The Hall–Kier alpha value is -8.15. The molecule has 1 aliphatic rings. The van der Waals surface area contributed by atoms with Gasteiger partial charge < -0.3 is 4.42 Å². The van der Waals surface area contributed by atoms with Crippen molar-refractivity contribution in [3.8, 4) is 73.2 Å². The molecule has 60 heavy (non-hydrogen) atoms. The van der Waals surface area contributed by atoms with Crippen molar-refractivity contribution in [3.63, 3.8) is 0 Å². The van der Waals surface area contributed by atoms with Crippen molar-refractivity contribution in [2.75, 3.05) is 0 Å². The molecule has 0 saturated carbocycles. The monoisotopic (exact) mass is 764 g/mol. The molecule has 5 heteroatoms. The number of aromatic nitrogens is 4. The van der Waals surface area contributed by atoms with Gasteiger partial charge in [0.05, 0.1) is 11.0 Å². The zero-order valence-corrected chi connectivity index (χ0v) is 32.2. The molecular weight excluding hydrogens is 733 g/mol. The lowest BCUT2D eigenvalue weighted by molar-refractivity contribution is 0.669. The first-order chi connectivity index (χ1) is 29.8. The Kier molecular flexibility index (Phi) is 6.95. The molecule has 0 spiro atoms. The van der Waals surface area contributed by atoms with Gasteiger partial charge >= 0.3 is 0 Å². The second-order valence-electron chi connectivity index (χ2n) is 15.5. The molecule has 0 saturated heterocycles. The van der Waals surface area contributed by atoms with Crippen LogP contribution in [0.3, 0.4) is 0 Å². The summed E-state index contributed by atoms with van der Waals surface area (Å²) in [6, 6.07) is 68.6. The SMILES string of the molecule is c1ccc(-c2ccc(-c3ccccc3)c3c2-c2cccc4c(-c5nc(-c6ccc7c(c6)oc6ccccc67)nc(-n6c7ccccc7c7ccccc76)n5)ccc-3c24)cc1. The number of hydrogen-bond donors (Lipinski definition) is 0. The standard InChI is InChI=1S/C55H32N4O/c1-3-14-33(15-4-1)36-28-29-37(34-16-5-2-6-17-34)52-45-31-30-43(42-21-13-22-44(50(42)45)51(36)52)54-56-53(35-26-27-41-40-20-9-12-25-48(40)60-49(41)32-35)57-55(58-54)59-46-23-10-7-18-38(46)39-19-8-11-24-47(39)59/h1-32H. The summed E-state index contributed by atoms with van der Waals surface area (Å²) in [4.78, 5) is 16.0. The third-order valence-corrected chi connectivity index (χ3v) is 12.2. The molecule has 9 aromatic carbocycles. The van der Waals surface area contributed by atoms with E-state index < -0.39 is 0 Å². The summed E-state index contributed by atoms with van der Waals surface area (Å²) in [5.74, 6) is 1.73. The van der Waals surface area contributed by atoms with Crippen LogP contribution in [0, 0.1) is 0 Å². The summed E-state index contributed by atoms with van der Waals surface area (Å²) in [6.07, 6.45) is 0. The lowest BCUT2D eigenvalue weighted by Crippen LogP contribution is -2.06. The van der Waals surface area contributed by atoms with Crippen LogP contribution >= 0.6 is 0 Å². The first-order valence-corrected chi connectivity index (χ1v) is 20.3. The molecule has 278 valence electrons. The van der Waals surface area contributed by atoms with Crippen LogP contribution in [0.5, 0.6) is 0 Å². The lowest BCUT2D eigenvalue weighted by atomic mass is 9.88. The Bertz CT molecular complexity index is 3590. The van der Waals surface area contributed by atoms with E-state index in [0.717, 1.165) is 60.3 Å². The fourth-order valence-corrected chi connectivity index (χ4v) is 9.61. The summed E-state index contributed by atoms with van der Waals surface area (Å²) >= 11 is 0. The molecule has 0 unspecified atom stereocenters. The van der Waals surface area contributed by atoms with Crippen molar-refractivity contribution >= 4 is 54.5 Å². The van der Waals surface area contributed by atoms with Crippen LogP contribution in [-0.2, 0) is 0 Å². The van der Waals surface area contributed by atoms with Gasteiger partial charge in [0, 0.05) is 32.7 Å². The molecule has 0 amide bonds. The summed E-state index contributed by atoms with van der Waals surface area (Å²) in [5, 5.41) is 6.73. The third kappa shape index (κ3) is 4.77. The Morgan fingerprint density at radius 1 is 0.333 bits per heavy atom. The Morgan fingerprint density at radius 2 is 0.867 bits per heavy atom. The van der Waals surface area contributed by atoms with Gasteiger partial charge in [-0.25, -0.2) is 4.98 Å². The highest BCUT2D eigenvalue weighted by Crippen LogP contribution is 2.55. The largest absolute Gasteiger partial charge is 0.456 e. The van der Waals surface area contributed by atoms with E-state index in [0.29, 0.717) is 17.6 Å². The smallest absolute Gasteiger partial charge is 0.238 e. The second-order valence-corrected chi connectivity index (χ2v) is 15.5. The number of nitrogens with zero attached hydrogens (tertiary/aromatic N) is 4. The number of fused-ring (bicyclic) bond motifs is 9. The minimum absolute atomic E-state index is 0.557. The van der Waals surface area contributed by atoms with Gasteiger partial charge in [0.1, 0.15) is 11.2 Å². The van der Waals surface area contributed by atoms with E-state index in [1.165, 1.54) is 49.9 Å². The summed E-state index contributed by atoms with van der Waals surface area (Å²) < 4.78 is 8.55. The van der Waals surface area contributed by atoms with Crippen molar-refractivity contribution < 1.29 is 4.42 Å². The average molecular weight is 765 g/mol. The number of rotatable bonds is 5. The maximum absolute atomic E-state index is 6.38. The topological polar surface area (TPSA) is 56.7 Å². The van der Waals surface area contributed by atoms with Crippen molar-refractivity contribution in [2.45, 2.75) is 0 Å². The number of hydrogen-bond acceptors (Lipinski definition) is 4. The molecule has 0 bridgehead atoms. The highest BCUT2D eigenvalue weighted by atomic mass is 16.3. The maximum atomic E-state index is 6.38. The Labute approximate surface area is 344 Å². The first-order valence-electron chi connectivity index (χ1n) is 20.3. The predicted octanol–water partition coefficient (Wildman–Crippen LogP) is 14.3. The van der Waals surface area contributed by atoms with Gasteiger partial charge in [-0.3, -0.25) is 4.57 Å². The molecule has 13 rings (SSSR count). The van der Waals surface area contributed by atoms with Crippen LogP contribution < -0.4 is 0 Å². The summed E-state index contributed by atoms with van der Waals surface area (Å²) in [5.41, 5.74) is 15.3. The first kappa shape index (κ1) is 32.9. The van der Waals surface area contributed by atoms with Gasteiger partial charge in [0.25, 0.3) is 0 Å². The van der Waals surface area contributed by atoms with Crippen LogP contribution in [0.15, 0.2) is 199 Å². The van der Waals surface area contributed by atoms with Gasteiger partial charge in [-0.05, 0) is 91.7 Å². The van der Waals surface area contributed by atoms with Crippen LogP contribution in [0.2, 0.25) is 0 Å². The third-order valence-electron chi connectivity index (χ3n) is 12.2. The van der Waals surface area contributed by atoms with Crippen molar-refractivity contribution in [3.05, 3.63) is 194 Å². The van der Waals surface area contributed by atoms with E-state index >= 15 is 0 Å². The fraction of sp³-hybridized carbons (Fsp3) is 0. The molecule has 0 aliphatic heterocycles. The highest BCUT2D eigenvalue weighted by Gasteiger charge is 2.29. The van der Waals surface area contributed by atoms with E-state index in [1.807, 2.05) is 18.2 Å². The maximum Gasteiger partial charge on any atom is 0.238 e. The quantitative estimate of drug-likeness (QED) is 0.175. The Morgan fingerprint density at radius 3 is 1.57 bits per heavy atom. The predicted molar refractivity (Wildman–Crippen MR) is 245 cm³/mol. The van der Waals surface area contributed by atoms with E-state index in [2.05, 4.69) is 180 Å². The number of benzene rings is 9. The highest BCUT2D eigenvalue weighted by molar-refractivity contribution is 6.23. The van der Waals surface area contributed by atoms with E-state index in [-0.39, 0.29) is 0 Å². The van der Waals surface area contributed by atoms with Gasteiger partial charge in [0.15, 0.2) is 11.6 Å². The molecule has 1 aliphatic carbocycles. The molecule has 0 N–H and O–H groups in total. The van der Waals surface area contributed by atoms with Crippen LogP contribution in [-0.4, -0.2) is 19.5 Å². The molecule has 0 atom stereocenters. The van der Waals surface area contributed by atoms with Gasteiger partial charge in [0.2, 0.25) is 5.95 Å². The Balaban J connectivity index is 1.08. The van der Waals surface area contributed by atoms with Crippen LogP contribution in [0.4, 0.5) is 0 Å². The minimum Gasteiger partial charge on any atom is -0.456 e. The van der Waals surface area contributed by atoms with Crippen LogP contribution in [0.25, 0.3) is 128 Å². The normalized spacial score (nSPS) is 12.0. The molecule has 5 nitrogen and oxygen atoms in total.